The van der Waals surface area contributed by atoms with Crippen LogP contribution in [0.5, 0.6) is 0 Å². The van der Waals surface area contributed by atoms with Crippen molar-refractivity contribution < 1.29 is 0 Å². The Balaban J connectivity index is 2.41. The van der Waals surface area contributed by atoms with Gasteiger partial charge in [-0.05, 0) is 45.2 Å². The van der Waals surface area contributed by atoms with Gasteiger partial charge in [-0.3, -0.25) is 4.99 Å². The minimum absolute atomic E-state index is 0.209. The predicted molar refractivity (Wildman–Crippen MR) is 69.3 cm³/mol. The Labute approximate surface area is 99.1 Å². The first-order valence-corrected chi connectivity index (χ1v) is 6.17. The molecule has 0 radical (unpaired) electrons. The van der Waals surface area contributed by atoms with E-state index in [0.717, 1.165) is 13.0 Å². The lowest BCUT2D eigenvalue weighted by Gasteiger charge is -2.36. The number of hydrogen-bond donors (Lipinski definition) is 2. The van der Waals surface area contributed by atoms with Crippen LogP contribution in [0.1, 0.15) is 39.0 Å². The van der Waals surface area contributed by atoms with E-state index in [0.29, 0.717) is 11.5 Å². The number of hydrogen-bond acceptors (Lipinski definition) is 2. The third-order valence-electron chi connectivity index (χ3n) is 3.85. The van der Waals surface area contributed by atoms with Crippen molar-refractivity contribution >= 4 is 5.96 Å². The molecule has 0 saturated heterocycles. The van der Waals surface area contributed by atoms with E-state index in [1.165, 1.54) is 25.7 Å². The Kier molecular flexibility index (Phi) is 4.59. The molecule has 1 rings (SSSR count). The largest absolute Gasteiger partial charge is 0.370 e. The van der Waals surface area contributed by atoms with Gasteiger partial charge in [0, 0.05) is 12.6 Å². The first-order valence-electron chi connectivity index (χ1n) is 6.17. The van der Waals surface area contributed by atoms with E-state index in [2.05, 4.69) is 30.9 Å². The first kappa shape index (κ1) is 13.3. The summed E-state index contributed by atoms with van der Waals surface area (Å²) in [6.07, 6.45) is 6.30. The summed E-state index contributed by atoms with van der Waals surface area (Å²) in [5.41, 5.74) is 11.1. The second-order valence-corrected chi connectivity index (χ2v) is 5.44. The van der Waals surface area contributed by atoms with Crippen LogP contribution in [0.25, 0.3) is 0 Å². The van der Waals surface area contributed by atoms with Gasteiger partial charge in [-0.15, -0.1) is 0 Å². The monoisotopic (exact) mass is 226 g/mol. The lowest BCUT2D eigenvalue weighted by Crippen LogP contribution is -2.38. The molecule has 0 amide bonds. The van der Waals surface area contributed by atoms with Gasteiger partial charge < -0.3 is 16.4 Å². The summed E-state index contributed by atoms with van der Waals surface area (Å²) < 4.78 is 0. The zero-order valence-corrected chi connectivity index (χ0v) is 10.9. The Morgan fingerprint density at radius 3 is 2.69 bits per heavy atom. The van der Waals surface area contributed by atoms with Gasteiger partial charge in [0.1, 0.15) is 0 Å². The minimum Gasteiger partial charge on any atom is -0.370 e. The van der Waals surface area contributed by atoms with Gasteiger partial charge in [0.05, 0.1) is 0 Å². The Bertz CT molecular complexity index is 245. The van der Waals surface area contributed by atoms with Gasteiger partial charge in [0.25, 0.3) is 0 Å². The molecule has 94 valence electrons. The number of aliphatic imine (C=N–C) groups is 1. The molecular formula is C12H26N4. The van der Waals surface area contributed by atoms with Gasteiger partial charge in [-0.25, -0.2) is 0 Å². The van der Waals surface area contributed by atoms with Crippen LogP contribution in [0.2, 0.25) is 0 Å². The fraction of sp³-hybridized carbons (Fsp3) is 0.917. The standard InChI is InChI=1S/C12H26N4/c1-12(8-5-9-15-11(13)14)7-4-6-10(12)16(2)3/h10H,4-9H2,1-3H3,(H4,13,14,15). The first-order chi connectivity index (χ1) is 7.46. The average molecular weight is 226 g/mol. The van der Waals surface area contributed by atoms with Crippen molar-refractivity contribution in [2.75, 3.05) is 20.6 Å². The molecule has 0 bridgehead atoms. The molecule has 0 heterocycles. The molecule has 0 spiro atoms. The van der Waals surface area contributed by atoms with Crippen LogP contribution in [-0.2, 0) is 0 Å². The SMILES string of the molecule is CN(C)C1CCCC1(C)CCCN=C(N)N. The predicted octanol–water partition coefficient (Wildman–Crippen LogP) is 1.16. The summed E-state index contributed by atoms with van der Waals surface area (Å²) in [5.74, 6) is 0.209. The maximum absolute atomic E-state index is 5.31. The van der Waals surface area contributed by atoms with E-state index in [-0.39, 0.29) is 5.96 Å². The van der Waals surface area contributed by atoms with E-state index >= 15 is 0 Å². The maximum Gasteiger partial charge on any atom is 0.185 e. The maximum atomic E-state index is 5.31. The molecule has 2 unspecified atom stereocenters. The van der Waals surface area contributed by atoms with Crippen molar-refractivity contribution in [3.05, 3.63) is 0 Å². The number of rotatable bonds is 5. The number of nitrogens with two attached hydrogens (primary N) is 2. The molecule has 2 atom stereocenters. The minimum atomic E-state index is 0.209. The zero-order chi connectivity index (χ0) is 12.2. The van der Waals surface area contributed by atoms with E-state index < -0.39 is 0 Å². The van der Waals surface area contributed by atoms with Crippen molar-refractivity contribution in [3.8, 4) is 0 Å². The molecule has 0 aromatic heterocycles. The topological polar surface area (TPSA) is 67.6 Å². The molecule has 0 aliphatic heterocycles. The highest BCUT2D eigenvalue weighted by Crippen LogP contribution is 2.43. The average Bonchev–Trinajstić information content (AvgIpc) is 2.55. The lowest BCUT2D eigenvalue weighted by molar-refractivity contribution is 0.139. The zero-order valence-electron chi connectivity index (χ0n) is 10.9. The summed E-state index contributed by atoms with van der Waals surface area (Å²) in [6.45, 7) is 3.16. The molecule has 4 heteroatoms. The fourth-order valence-electron chi connectivity index (χ4n) is 3.08. The van der Waals surface area contributed by atoms with Crippen LogP contribution >= 0.6 is 0 Å². The fourth-order valence-corrected chi connectivity index (χ4v) is 3.08. The summed E-state index contributed by atoms with van der Waals surface area (Å²) in [7, 11) is 4.37. The summed E-state index contributed by atoms with van der Waals surface area (Å²) in [5, 5.41) is 0. The van der Waals surface area contributed by atoms with Gasteiger partial charge in [0.2, 0.25) is 0 Å². The molecular weight excluding hydrogens is 200 g/mol. The van der Waals surface area contributed by atoms with Crippen LogP contribution in [-0.4, -0.2) is 37.5 Å². The highest BCUT2D eigenvalue weighted by atomic mass is 15.1. The highest BCUT2D eigenvalue weighted by Gasteiger charge is 2.39. The number of nitrogens with zero attached hydrogens (tertiary/aromatic N) is 2. The van der Waals surface area contributed by atoms with Gasteiger partial charge >= 0.3 is 0 Å². The van der Waals surface area contributed by atoms with E-state index in [9.17, 15) is 0 Å². The smallest absolute Gasteiger partial charge is 0.185 e. The van der Waals surface area contributed by atoms with Gasteiger partial charge in [-0.2, -0.15) is 0 Å². The Morgan fingerprint density at radius 1 is 1.44 bits per heavy atom. The summed E-state index contributed by atoms with van der Waals surface area (Å²) in [6, 6.07) is 0.715. The number of guanidine groups is 1. The normalized spacial score (nSPS) is 29.6. The second kappa shape index (κ2) is 5.53. The highest BCUT2D eigenvalue weighted by molar-refractivity contribution is 5.75. The van der Waals surface area contributed by atoms with Crippen molar-refractivity contribution in [2.24, 2.45) is 21.9 Å². The van der Waals surface area contributed by atoms with E-state index in [4.69, 9.17) is 11.5 Å². The van der Waals surface area contributed by atoms with Crippen molar-refractivity contribution in [1.82, 2.24) is 4.90 Å². The van der Waals surface area contributed by atoms with Crippen LogP contribution in [0, 0.1) is 5.41 Å². The molecule has 1 aliphatic rings. The van der Waals surface area contributed by atoms with Gasteiger partial charge in [0.15, 0.2) is 5.96 Å². The van der Waals surface area contributed by atoms with Crippen LogP contribution in [0.4, 0.5) is 0 Å². The van der Waals surface area contributed by atoms with E-state index in [1.807, 2.05) is 0 Å². The molecule has 0 aromatic carbocycles. The summed E-state index contributed by atoms with van der Waals surface area (Å²) in [4.78, 5) is 6.41. The molecule has 16 heavy (non-hydrogen) atoms. The van der Waals surface area contributed by atoms with Crippen LogP contribution < -0.4 is 11.5 Å². The van der Waals surface area contributed by atoms with Crippen LogP contribution in [0.3, 0.4) is 0 Å². The molecule has 4 N–H and O–H groups in total. The molecule has 4 nitrogen and oxygen atoms in total. The van der Waals surface area contributed by atoms with Crippen molar-refractivity contribution in [1.29, 1.82) is 0 Å². The Hall–Kier alpha value is -0.770. The summed E-state index contributed by atoms with van der Waals surface area (Å²) >= 11 is 0. The second-order valence-electron chi connectivity index (χ2n) is 5.44. The Morgan fingerprint density at radius 2 is 2.12 bits per heavy atom. The third kappa shape index (κ3) is 3.37. The molecule has 1 aliphatic carbocycles. The third-order valence-corrected chi connectivity index (χ3v) is 3.85. The molecule has 0 aromatic rings. The lowest BCUT2D eigenvalue weighted by atomic mass is 9.80. The van der Waals surface area contributed by atoms with Gasteiger partial charge in [-0.1, -0.05) is 13.3 Å². The molecule has 1 saturated carbocycles. The van der Waals surface area contributed by atoms with Crippen molar-refractivity contribution in [3.63, 3.8) is 0 Å². The van der Waals surface area contributed by atoms with E-state index in [1.54, 1.807) is 0 Å². The quantitative estimate of drug-likeness (QED) is 0.420. The van der Waals surface area contributed by atoms with Crippen molar-refractivity contribution in [2.45, 2.75) is 45.1 Å². The van der Waals surface area contributed by atoms with Crippen LogP contribution in [0.15, 0.2) is 4.99 Å². The molecule has 1 fully saturated rings.